The molecule has 0 radical (unpaired) electrons. The SMILES string of the molecule is Cc1cc(C)n(C(=O)c2ccc(-c3cccc(F)c3)o2)n1. The van der Waals surface area contributed by atoms with Crippen LogP contribution in [0.4, 0.5) is 4.39 Å². The number of carbonyl (C=O) groups excluding carboxylic acids is 1. The van der Waals surface area contributed by atoms with E-state index in [1.165, 1.54) is 16.8 Å². The zero-order valence-corrected chi connectivity index (χ0v) is 11.6. The van der Waals surface area contributed by atoms with Gasteiger partial charge >= 0.3 is 5.91 Å². The van der Waals surface area contributed by atoms with Gasteiger partial charge in [0.05, 0.1) is 5.69 Å². The standard InChI is InChI=1S/C16H13FN2O2/c1-10-8-11(2)19(18-10)16(20)15-7-6-14(21-15)12-4-3-5-13(17)9-12/h3-9H,1-2H3. The van der Waals surface area contributed by atoms with Gasteiger partial charge in [0, 0.05) is 11.3 Å². The van der Waals surface area contributed by atoms with Gasteiger partial charge in [-0.25, -0.2) is 4.39 Å². The van der Waals surface area contributed by atoms with Gasteiger partial charge in [-0.15, -0.1) is 0 Å². The molecule has 0 unspecified atom stereocenters. The number of halogens is 1. The van der Waals surface area contributed by atoms with Crippen LogP contribution in [0.2, 0.25) is 0 Å². The lowest BCUT2D eigenvalue weighted by Gasteiger charge is -2.00. The molecule has 2 heterocycles. The van der Waals surface area contributed by atoms with E-state index in [0.29, 0.717) is 11.3 Å². The molecule has 0 saturated heterocycles. The van der Waals surface area contributed by atoms with Crippen LogP contribution in [-0.2, 0) is 0 Å². The summed E-state index contributed by atoms with van der Waals surface area (Å²) in [6, 6.07) is 11.1. The Labute approximate surface area is 120 Å². The Balaban J connectivity index is 1.95. The van der Waals surface area contributed by atoms with Crippen LogP contribution >= 0.6 is 0 Å². The largest absolute Gasteiger partial charge is 0.451 e. The molecule has 0 N–H and O–H groups in total. The third kappa shape index (κ3) is 2.50. The van der Waals surface area contributed by atoms with Gasteiger partial charge in [-0.1, -0.05) is 12.1 Å². The van der Waals surface area contributed by atoms with Crippen LogP contribution in [0, 0.1) is 19.7 Å². The summed E-state index contributed by atoms with van der Waals surface area (Å²) in [4.78, 5) is 12.3. The molecule has 106 valence electrons. The first kappa shape index (κ1) is 13.3. The van der Waals surface area contributed by atoms with Gasteiger partial charge in [0.2, 0.25) is 0 Å². The molecular weight excluding hydrogens is 271 g/mol. The minimum absolute atomic E-state index is 0.167. The minimum atomic E-state index is -0.352. The molecule has 0 aliphatic heterocycles. The Morgan fingerprint density at radius 1 is 1.19 bits per heavy atom. The summed E-state index contributed by atoms with van der Waals surface area (Å²) in [5, 5.41) is 4.13. The lowest BCUT2D eigenvalue weighted by Crippen LogP contribution is -2.14. The van der Waals surface area contributed by atoms with Gasteiger partial charge in [0.15, 0.2) is 5.76 Å². The van der Waals surface area contributed by atoms with Crippen molar-refractivity contribution < 1.29 is 13.6 Å². The van der Waals surface area contributed by atoms with Crippen molar-refractivity contribution in [3.05, 3.63) is 65.4 Å². The maximum Gasteiger partial charge on any atom is 0.314 e. The van der Waals surface area contributed by atoms with Gasteiger partial charge in [-0.05, 0) is 44.2 Å². The normalized spacial score (nSPS) is 10.8. The van der Waals surface area contributed by atoms with Crippen molar-refractivity contribution in [2.75, 3.05) is 0 Å². The predicted molar refractivity (Wildman–Crippen MR) is 75.5 cm³/mol. The lowest BCUT2D eigenvalue weighted by molar-refractivity contribution is 0.0915. The van der Waals surface area contributed by atoms with Crippen molar-refractivity contribution in [3.8, 4) is 11.3 Å². The van der Waals surface area contributed by atoms with E-state index in [-0.39, 0.29) is 17.5 Å². The number of nitrogens with zero attached hydrogens (tertiary/aromatic N) is 2. The van der Waals surface area contributed by atoms with E-state index in [2.05, 4.69) is 5.10 Å². The number of furan rings is 1. The third-order valence-corrected chi connectivity index (χ3v) is 3.13. The zero-order chi connectivity index (χ0) is 15.0. The Morgan fingerprint density at radius 3 is 2.67 bits per heavy atom. The maximum absolute atomic E-state index is 13.2. The van der Waals surface area contributed by atoms with Crippen molar-refractivity contribution in [3.63, 3.8) is 0 Å². The van der Waals surface area contributed by atoms with Gasteiger partial charge < -0.3 is 4.42 Å². The summed E-state index contributed by atoms with van der Waals surface area (Å²) in [5.41, 5.74) is 2.08. The summed E-state index contributed by atoms with van der Waals surface area (Å²) >= 11 is 0. The Morgan fingerprint density at radius 2 is 2.00 bits per heavy atom. The molecular formula is C16H13FN2O2. The van der Waals surface area contributed by atoms with E-state index in [1.54, 1.807) is 31.2 Å². The Hall–Kier alpha value is -2.69. The van der Waals surface area contributed by atoms with E-state index in [4.69, 9.17) is 4.42 Å². The highest BCUT2D eigenvalue weighted by molar-refractivity contribution is 5.93. The quantitative estimate of drug-likeness (QED) is 0.722. The van der Waals surface area contributed by atoms with E-state index >= 15 is 0 Å². The monoisotopic (exact) mass is 284 g/mol. The number of aryl methyl sites for hydroxylation is 2. The number of rotatable bonds is 2. The first-order chi connectivity index (χ1) is 10.0. The summed E-state index contributed by atoms with van der Waals surface area (Å²) < 4.78 is 20.0. The van der Waals surface area contributed by atoms with Gasteiger partial charge in [0.1, 0.15) is 11.6 Å². The predicted octanol–water partition coefficient (Wildman–Crippen LogP) is 3.59. The van der Waals surface area contributed by atoms with Crippen LogP contribution in [-0.4, -0.2) is 15.7 Å². The maximum atomic E-state index is 13.2. The van der Waals surface area contributed by atoms with Crippen LogP contribution in [0.15, 0.2) is 46.9 Å². The van der Waals surface area contributed by atoms with Crippen LogP contribution in [0.1, 0.15) is 21.9 Å². The van der Waals surface area contributed by atoms with E-state index in [9.17, 15) is 9.18 Å². The number of benzene rings is 1. The minimum Gasteiger partial charge on any atom is -0.451 e. The molecule has 4 nitrogen and oxygen atoms in total. The summed E-state index contributed by atoms with van der Waals surface area (Å²) in [7, 11) is 0. The average Bonchev–Trinajstić information content (AvgIpc) is 3.05. The van der Waals surface area contributed by atoms with Gasteiger partial charge in [-0.2, -0.15) is 9.78 Å². The van der Waals surface area contributed by atoms with E-state index < -0.39 is 0 Å². The van der Waals surface area contributed by atoms with Crippen molar-refractivity contribution in [1.82, 2.24) is 9.78 Å². The van der Waals surface area contributed by atoms with Crippen LogP contribution in [0.5, 0.6) is 0 Å². The van der Waals surface area contributed by atoms with Crippen molar-refractivity contribution in [1.29, 1.82) is 0 Å². The first-order valence-electron chi connectivity index (χ1n) is 6.48. The topological polar surface area (TPSA) is 48.0 Å². The summed E-state index contributed by atoms with van der Waals surface area (Å²) in [5.74, 6) is -0.0848. The summed E-state index contributed by atoms with van der Waals surface area (Å²) in [6.45, 7) is 3.62. The molecule has 0 aliphatic rings. The van der Waals surface area contributed by atoms with Gasteiger partial charge in [-0.3, -0.25) is 4.79 Å². The second-order valence-corrected chi connectivity index (χ2v) is 4.82. The number of aromatic nitrogens is 2. The Kier molecular flexibility index (Phi) is 3.17. The van der Waals surface area contributed by atoms with Crippen molar-refractivity contribution in [2.24, 2.45) is 0 Å². The second kappa shape index (κ2) is 5.01. The number of hydrogen-bond donors (Lipinski definition) is 0. The molecule has 0 atom stereocenters. The molecule has 0 bridgehead atoms. The fourth-order valence-corrected chi connectivity index (χ4v) is 2.19. The highest BCUT2D eigenvalue weighted by Gasteiger charge is 2.17. The molecule has 0 saturated carbocycles. The van der Waals surface area contributed by atoms with Crippen LogP contribution < -0.4 is 0 Å². The molecule has 21 heavy (non-hydrogen) atoms. The fourth-order valence-electron chi connectivity index (χ4n) is 2.19. The van der Waals surface area contributed by atoms with Gasteiger partial charge in [0.25, 0.3) is 0 Å². The lowest BCUT2D eigenvalue weighted by atomic mass is 10.2. The molecule has 3 rings (SSSR count). The second-order valence-electron chi connectivity index (χ2n) is 4.82. The number of carbonyl (C=O) groups is 1. The first-order valence-corrected chi connectivity index (χ1v) is 6.48. The molecule has 0 fully saturated rings. The fraction of sp³-hybridized carbons (Fsp3) is 0.125. The number of hydrogen-bond acceptors (Lipinski definition) is 3. The highest BCUT2D eigenvalue weighted by Crippen LogP contribution is 2.23. The third-order valence-electron chi connectivity index (χ3n) is 3.13. The average molecular weight is 284 g/mol. The molecule has 1 aromatic carbocycles. The van der Waals surface area contributed by atoms with Crippen LogP contribution in [0.3, 0.4) is 0 Å². The smallest absolute Gasteiger partial charge is 0.314 e. The Bertz CT molecular complexity index is 817. The summed E-state index contributed by atoms with van der Waals surface area (Å²) in [6.07, 6.45) is 0. The molecule has 3 aromatic rings. The van der Waals surface area contributed by atoms with Crippen molar-refractivity contribution >= 4 is 5.91 Å². The molecule has 0 amide bonds. The van der Waals surface area contributed by atoms with E-state index in [1.807, 2.05) is 13.0 Å². The van der Waals surface area contributed by atoms with Crippen molar-refractivity contribution in [2.45, 2.75) is 13.8 Å². The van der Waals surface area contributed by atoms with E-state index in [0.717, 1.165) is 11.4 Å². The molecule has 0 spiro atoms. The molecule has 0 aliphatic carbocycles. The molecule has 2 aromatic heterocycles. The van der Waals surface area contributed by atoms with Crippen LogP contribution in [0.25, 0.3) is 11.3 Å². The molecule has 5 heteroatoms. The zero-order valence-electron chi connectivity index (χ0n) is 11.6. The highest BCUT2D eigenvalue weighted by atomic mass is 19.1.